The monoisotopic (exact) mass is 278 g/mol. The van der Waals surface area contributed by atoms with Crippen molar-refractivity contribution in [1.29, 1.82) is 0 Å². The Kier molecular flexibility index (Phi) is 4.57. The topological polar surface area (TPSA) is 78.9 Å². The average molecular weight is 278 g/mol. The predicted octanol–water partition coefficient (Wildman–Crippen LogP) is 1.20. The fraction of sp³-hybridized carbons (Fsp3) is 0.429. The summed E-state index contributed by atoms with van der Waals surface area (Å²) in [6, 6.07) is 7.09. The van der Waals surface area contributed by atoms with Gasteiger partial charge < -0.3 is 20.1 Å². The fourth-order valence-electron chi connectivity index (χ4n) is 2.31. The van der Waals surface area contributed by atoms with Crippen LogP contribution in [0, 0.1) is 0 Å². The van der Waals surface area contributed by atoms with Gasteiger partial charge in [0.05, 0.1) is 19.1 Å². The van der Waals surface area contributed by atoms with Gasteiger partial charge in [-0.15, -0.1) is 0 Å². The lowest BCUT2D eigenvalue weighted by molar-refractivity contribution is -0.137. The van der Waals surface area contributed by atoms with Gasteiger partial charge in [0.2, 0.25) is 0 Å². The summed E-state index contributed by atoms with van der Waals surface area (Å²) in [5, 5.41) is 11.5. The maximum absolute atomic E-state index is 12.1. The third-order valence-electron chi connectivity index (χ3n) is 3.24. The molecule has 2 N–H and O–H groups in total. The van der Waals surface area contributed by atoms with Gasteiger partial charge in [-0.05, 0) is 11.1 Å². The average Bonchev–Trinajstić information content (AvgIpc) is 2.82. The van der Waals surface area contributed by atoms with Crippen LogP contribution in [0.1, 0.15) is 17.5 Å². The quantitative estimate of drug-likeness (QED) is 0.848. The van der Waals surface area contributed by atoms with Crippen LogP contribution in [0.25, 0.3) is 0 Å². The molecule has 108 valence electrons. The van der Waals surface area contributed by atoms with Gasteiger partial charge in [-0.2, -0.15) is 0 Å². The van der Waals surface area contributed by atoms with Crippen molar-refractivity contribution in [2.24, 2.45) is 0 Å². The summed E-state index contributed by atoms with van der Waals surface area (Å²) in [4.78, 5) is 24.6. The first kappa shape index (κ1) is 14.3. The van der Waals surface area contributed by atoms with Gasteiger partial charge in [0, 0.05) is 20.2 Å². The second kappa shape index (κ2) is 6.38. The lowest BCUT2D eigenvalue weighted by Gasteiger charge is -2.21. The number of nitrogens with one attached hydrogen (secondary N) is 1. The number of carboxylic acid groups (broad SMARTS) is 1. The number of rotatable bonds is 5. The third kappa shape index (κ3) is 3.48. The molecule has 20 heavy (non-hydrogen) atoms. The van der Waals surface area contributed by atoms with Crippen molar-refractivity contribution in [2.45, 2.75) is 25.6 Å². The molecule has 1 heterocycles. The number of carboxylic acids is 1. The molecule has 6 heteroatoms. The largest absolute Gasteiger partial charge is 0.481 e. The van der Waals surface area contributed by atoms with E-state index in [-0.39, 0.29) is 19.1 Å². The summed E-state index contributed by atoms with van der Waals surface area (Å²) in [5.41, 5.74) is 2.26. The van der Waals surface area contributed by atoms with Crippen LogP contribution in [0.5, 0.6) is 0 Å². The van der Waals surface area contributed by atoms with Crippen molar-refractivity contribution in [3.05, 3.63) is 35.4 Å². The van der Waals surface area contributed by atoms with E-state index in [9.17, 15) is 9.59 Å². The van der Waals surface area contributed by atoms with Gasteiger partial charge in [-0.3, -0.25) is 4.79 Å². The predicted molar refractivity (Wildman–Crippen MR) is 72.1 cm³/mol. The van der Waals surface area contributed by atoms with E-state index in [0.717, 1.165) is 11.1 Å². The molecule has 0 fully saturated rings. The number of carbonyl (C=O) groups excluding carboxylic acids is 1. The summed E-state index contributed by atoms with van der Waals surface area (Å²) in [5.74, 6) is -0.961. The molecule has 1 aliphatic heterocycles. The minimum atomic E-state index is -0.961. The molecule has 0 radical (unpaired) electrons. The second-order valence-electron chi connectivity index (χ2n) is 4.82. The first-order valence-corrected chi connectivity index (χ1v) is 6.43. The molecule has 2 rings (SSSR count). The third-order valence-corrected chi connectivity index (χ3v) is 3.24. The van der Waals surface area contributed by atoms with Crippen LogP contribution < -0.4 is 5.32 Å². The highest BCUT2D eigenvalue weighted by atomic mass is 16.5. The Morgan fingerprint density at radius 1 is 1.35 bits per heavy atom. The van der Waals surface area contributed by atoms with Gasteiger partial charge in [-0.1, -0.05) is 24.3 Å². The van der Waals surface area contributed by atoms with Crippen LogP contribution in [-0.4, -0.2) is 41.8 Å². The lowest BCUT2D eigenvalue weighted by atomic mass is 10.1. The first-order chi connectivity index (χ1) is 9.60. The maximum atomic E-state index is 12.1. The fourth-order valence-corrected chi connectivity index (χ4v) is 2.31. The molecular weight excluding hydrogens is 260 g/mol. The maximum Gasteiger partial charge on any atom is 0.318 e. The number of fused-ring (bicyclic) bond motifs is 1. The van der Waals surface area contributed by atoms with E-state index in [0.29, 0.717) is 13.1 Å². The van der Waals surface area contributed by atoms with E-state index in [1.807, 2.05) is 24.3 Å². The Morgan fingerprint density at radius 2 is 1.95 bits per heavy atom. The number of hydrogen-bond donors (Lipinski definition) is 2. The van der Waals surface area contributed by atoms with Crippen LogP contribution in [0.2, 0.25) is 0 Å². The number of aliphatic carboxylic acids is 1. The second-order valence-corrected chi connectivity index (χ2v) is 4.82. The molecule has 0 aliphatic carbocycles. The Morgan fingerprint density at radius 3 is 2.45 bits per heavy atom. The molecule has 2 amide bonds. The highest BCUT2D eigenvalue weighted by molar-refractivity contribution is 5.76. The normalized spacial score (nSPS) is 14.8. The van der Waals surface area contributed by atoms with E-state index in [1.165, 1.54) is 7.11 Å². The van der Waals surface area contributed by atoms with Crippen molar-refractivity contribution in [1.82, 2.24) is 10.2 Å². The number of carbonyl (C=O) groups is 2. The molecule has 6 nitrogen and oxygen atoms in total. The number of nitrogens with zero attached hydrogens (tertiary/aromatic N) is 1. The standard InChI is InChI=1S/C14H18N2O4/c1-20-9-12(6-13(17)18)15-14(19)16-7-10-4-2-3-5-11(10)8-16/h2-5,12H,6-9H2,1H3,(H,15,19)(H,17,18)/t12-/m1/s1. The van der Waals surface area contributed by atoms with Gasteiger partial charge in [0.15, 0.2) is 0 Å². The zero-order valence-corrected chi connectivity index (χ0v) is 11.3. The zero-order chi connectivity index (χ0) is 14.5. The summed E-state index contributed by atoms with van der Waals surface area (Å²) in [6.45, 7) is 1.28. The highest BCUT2D eigenvalue weighted by Gasteiger charge is 2.25. The van der Waals surface area contributed by atoms with E-state index in [1.54, 1.807) is 4.90 Å². The van der Waals surface area contributed by atoms with Crippen LogP contribution in [0.4, 0.5) is 4.79 Å². The summed E-state index contributed by atoms with van der Waals surface area (Å²) >= 11 is 0. The number of methoxy groups -OCH3 is 1. The zero-order valence-electron chi connectivity index (χ0n) is 11.3. The van der Waals surface area contributed by atoms with Crippen molar-refractivity contribution < 1.29 is 19.4 Å². The van der Waals surface area contributed by atoms with Crippen LogP contribution in [0.3, 0.4) is 0 Å². The lowest BCUT2D eigenvalue weighted by Crippen LogP contribution is -2.45. The summed E-state index contributed by atoms with van der Waals surface area (Å²) in [6.07, 6.45) is -0.152. The van der Waals surface area contributed by atoms with Crippen LogP contribution in [-0.2, 0) is 22.6 Å². The van der Waals surface area contributed by atoms with E-state index < -0.39 is 12.0 Å². The molecule has 0 saturated heterocycles. The minimum absolute atomic E-state index is 0.152. The molecule has 0 unspecified atom stereocenters. The Balaban J connectivity index is 1.93. The highest BCUT2D eigenvalue weighted by Crippen LogP contribution is 2.22. The van der Waals surface area contributed by atoms with Gasteiger partial charge in [0.25, 0.3) is 0 Å². The molecular formula is C14H18N2O4. The molecule has 0 spiro atoms. The van der Waals surface area contributed by atoms with Crippen molar-refractivity contribution in [3.8, 4) is 0 Å². The number of hydrogen-bond acceptors (Lipinski definition) is 3. The number of urea groups is 1. The van der Waals surface area contributed by atoms with E-state index in [4.69, 9.17) is 9.84 Å². The molecule has 1 aromatic rings. The van der Waals surface area contributed by atoms with Gasteiger partial charge >= 0.3 is 12.0 Å². The van der Waals surface area contributed by atoms with E-state index >= 15 is 0 Å². The number of benzene rings is 1. The minimum Gasteiger partial charge on any atom is -0.481 e. The van der Waals surface area contributed by atoms with Crippen LogP contribution >= 0.6 is 0 Å². The SMILES string of the molecule is COC[C@@H](CC(=O)O)NC(=O)N1Cc2ccccc2C1. The molecule has 0 saturated carbocycles. The summed E-state index contributed by atoms with van der Waals surface area (Å²) < 4.78 is 4.93. The Hall–Kier alpha value is -2.08. The molecule has 0 aromatic heterocycles. The first-order valence-electron chi connectivity index (χ1n) is 6.43. The molecule has 1 aliphatic rings. The number of ether oxygens (including phenoxy) is 1. The molecule has 1 aromatic carbocycles. The van der Waals surface area contributed by atoms with Gasteiger partial charge in [-0.25, -0.2) is 4.79 Å². The van der Waals surface area contributed by atoms with Crippen molar-refractivity contribution >= 4 is 12.0 Å². The smallest absolute Gasteiger partial charge is 0.318 e. The number of amides is 2. The van der Waals surface area contributed by atoms with Crippen molar-refractivity contribution in [2.75, 3.05) is 13.7 Å². The summed E-state index contributed by atoms with van der Waals surface area (Å²) in [7, 11) is 1.48. The molecule has 0 bridgehead atoms. The Bertz CT molecular complexity index is 479. The van der Waals surface area contributed by atoms with Crippen molar-refractivity contribution in [3.63, 3.8) is 0 Å². The van der Waals surface area contributed by atoms with Crippen LogP contribution in [0.15, 0.2) is 24.3 Å². The van der Waals surface area contributed by atoms with E-state index in [2.05, 4.69) is 5.32 Å². The molecule has 1 atom stereocenters. The van der Waals surface area contributed by atoms with Gasteiger partial charge in [0.1, 0.15) is 0 Å². The Labute approximate surface area is 117 Å².